The van der Waals surface area contributed by atoms with Gasteiger partial charge < -0.3 is 15.0 Å². The Balaban J connectivity index is 1.83. The third kappa shape index (κ3) is 8.81. The lowest BCUT2D eigenvalue weighted by atomic mass is 10.0. The van der Waals surface area contributed by atoms with Crippen LogP contribution in [0.1, 0.15) is 30.5 Å². The highest BCUT2D eigenvalue weighted by atomic mass is 35.5. The molecular formula is C35H37Cl2N3O5S. The molecule has 0 spiro atoms. The number of amides is 2. The van der Waals surface area contributed by atoms with E-state index < -0.39 is 28.5 Å². The second kappa shape index (κ2) is 15.5. The summed E-state index contributed by atoms with van der Waals surface area (Å²) in [5, 5.41) is 3.57. The van der Waals surface area contributed by atoms with Gasteiger partial charge in [0.15, 0.2) is 0 Å². The maximum absolute atomic E-state index is 14.5. The van der Waals surface area contributed by atoms with E-state index in [4.69, 9.17) is 27.9 Å². The van der Waals surface area contributed by atoms with Crippen LogP contribution in [0.4, 0.5) is 5.69 Å². The summed E-state index contributed by atoms with van der Waals surface area (Å²) in [6, 6.07) is 26.0. The van der Waals surface area contributed by atoms with Gasteiger partial charge in [0.2, 0.25) is 11.8 Å². The van der Waals surface area contributed by atoms with Gasteiger partial charge in [-0.05, 0) is 68.3 Å². The molecule has 0 heterocycles. The summed E-state index contributed by atoms with van der Waals surface area (Å²) in [7, 11) is -2.77. The first-order valence-corrected chi connectivity index (χ1v) is 16.9. The van der Waals surface area contributed by atoms with Crippen molar-refractivity contribution in [1.82, 2.24) is 10.2 Å². The molecule has 0 aliphatic heterocycles. The number of carbonyl (C=O) groups excluding carboxylic acids is 2. The number of nitrogens with one attached hydrogen (secondary N) is 1. The Labute approximate surface area is 280 Å². The van der Waals surface area contributed by atoms with Gasteiger partial charge in [-0.1, -0.05) is 83.4 Å². The molecule has 4 rings (SSSR count). The third-order valence-electron chi connectivity index (χ3n) is 7.27. The molecule has 1 N–H and O–H groups in total. The first kappa shape index (κ1) is 34.8. The number of aryl methyl sites for hydroxylation is 1. The van der Waals surface area contributed by atoms with Gasteiger partial charge in [0.25, 0.3) is 10.0 Å². The van der Waals surface area contributed by atoms with Crippen LogP contribution in [0.3, 0.4) is 0 Å². The van der Waals surface area contributed by atoms with E-state index in [-0.39, 0.29) is 40.5 Å². The average Bonchev–Trinajstić information content (AvgIpc) is 3.03. The molecule has 0 aliphatic rings. The fourth-order valence-electron chi connectivity index (χ4n) is 4.90. The number of hydrogen-bond donors (Lipinski definition) is 1. The van der Waals surface area contributed by atoms with Gasteiger partial charge >= 0.3 is 0 Å². The lowest BCUT2D eigenvalue weighted by Crippen LogP contribution is -2.54. The normalized spacial score (nSPS) is 12.0. The predicted octanol–water partition coefficient (Wildman–Crippen LogP) is 6.67. The van der Waals surface area contributed by atoms with Gasteiger partial charge in [0.05, 0.1) is 27.7 Å². The van der Waals surface area contributed by atoms with Crippen molar-refractivity contribution in [1.29, 1.82) is 0 Å². The molecule has 0 aromatic heterocycles. The Morgan fingerprint density at radius 2 is 1.54 bits per heavy atom. The SMILES string of the molecule is COc1cccc(N(CC(=O)N(Cc2ccc(Cl)c(Cl)c2)C(Cc2ccccc2)C(=O)NC(C)C)S(=O)(=O)c2ccc(C)cc2)c1. The lowest BCUT2D eigenvalue weighted by Gasteiger charge is -2.34. The van der Waals surface area contributed by atoms with Gasteiger partial charge in [0, 0.05) is 25.1 Å². The largest absolute Gasteiger partial charge is 0.497 e. The van der Waals surface area contributed by atoms with Crippen molar-refractivity contribution in [2.75, 3.05) is 18.0 Å². The maximum atomic E-state index is 14.5. The van der Waals surface area contributed by atoms with Crippen LogP contribution in [0.15, 0.2) is 102 Å². The molecule has 4 aromatic rings. The van der Waals surface area contributed by atoms with Gasteiger partial charge in [-0.3, -0.25) is 13.9 Å². The molecule has 0 radical (unpaired) electrons. The van der Waals surface area contributed by atoms with E-state index in [9.17, 15) is 18.0 Å². The van der Waals surface area contributed by atoms with Crippen LogP contribution in [-0.2, 0) is 32.6 Å². The van der Waals surface area contributed by atoms with Crippen LogP contribution in [-0.4, -0.2) is 50.9 Å². The summed E-state index contributed by atoms with van der Waals surface area (Å²) in [6.45, 7) is 4.90. The molecule has 0 fully saturated rings. The molecule has 0 bridgehead atoms. The summed E-state index contributed by atoms with van der Waals surface area (Å²) in [4.78, 5) is 29.8. The van der Waals surface area contributed by atoms with E-state index in [0.29, 0.717) is 16.3 Å². The zero-order chi connectivity index (χ0) is 33.4. The molecule has 4 aromatic carbocycles. The number of rotatable bonds is 13. The predicted molar refractivity (Wildman–Crippen MR) is 183 cm³/mol. The van der Waals surface area contributed by atoms with Gasteiger partial charge in [0.1, 0.15) is 18.3 Å². The first-order chi connectivity index (χ1) is 21.9. The summed E-state index contributed by atoms with van der Waals surface area (Å²) < 4.78 is 34.8. The Bertz CT molecular complexity index is 1770. The lowest BCUT2D eigenvalue weighted by molar-refractivity contribution is -0.140. The van der Waals surface area contributed by atoms with Crippen LogP contribution in [0.2, 0.25) is 10.0 Å². The summed E-state index contributed by atoms with van der Waals surface area (Å²) in [6.07, 6.45) is 0.191. The fourth-order valence-corrected chi connectivity index (χ4v) is 6.63. The zero-order valence-electron chi connectivity index (χ0n) is 26.1. The Morgan fingerprint density at radius 1 is 0.848 bits per heavy atom. The van der Waals surface area contributed by atoms with E-state index in [1.165, 1.54) is 24.1 Å². The van der Waals surface area contributed by atoms with E-state index in [1.807, 2.05) is 51.1 Å². The molecule has 0 saturated carbocycles. The Morgan fingerprint density at radius 3 is 2.17 bits per heavy atom. The molecule has 2 amide bonds. The van der Waals surface area contributed by atoms with Crippen LogP contribution >= 0.6 is 23.2 Å². The van der Waals surface area contributed by atoms with Crippen LogP contribution < -0.4 is 14.4 Å². The van der Waals surface area contributed by atoms with Gasteiger partial charge in [-0.2, -0.15) is 0 Å². The second-order valence-corrected chi connectivity index (χ2v) is 13.8. The van der Waals surface area contributed by atoms with Crippen LogP contribution in [0.5, 0.6) is 5.75 Å². The van der Waals surface area contributed by atoms with E-state index in [2.05, 4.69) is 5.32 Å². The highest BCUT2D eigenvalue weighted by molar-refractivity contribution is 7.92. The molecule has 8 nitrogen and oxygen atoms in total. The van der Waals surface area contributed by atoms with E-state index in [0.717, 1.165) is 15.4 Å². The van der Waals surface area contributed by atoms with Crippen molar-refractivity contribution in [3.05, 3.63) is 124 Å². The van der Waals surface area contributed by atoms with Crippen molar-refractivity contribution >= 4 is 50.7 Å². The molecule has 1 atom stereocenters. The summed E-state index contributed by atoms with van der Waals surface area (Å²) >= 11 is 12.5. The molecule has 46 heavy (non-hydrogen) atoms. The standard InChI is InChI=1S/C35H37Cl2N3O5S/c1-24(2)38-35(42)33(20-26-9-6-5-7-10-26)39(22-27-15-18-31(36)32(37)19-27)34(41)23-40(28-11-8-12-29(21-28)45-4)46(43,44)30-16-13-25(3)14-17-30/h5-19,21,24,33H,20,22-23H2,1-4H3,(H,38,42). The van der Waals surface area contributed by atoms with Crippen molar-refractivity contribution in [3.8, 4) is 5.75 Å². The smallest absolute Gasteiger partial charge is 0.264 e. The van der Waals surface area contributed by atoms with Gasteiger partial charge in [-0.25, -0.2) is 8.42 Å². The second-order valence-electron chi connectivity index (χ2n) is 11.2. The molecule has 0 aliphatic carbocycles. The van der Waals surface area contributed by atoms with Crippen LogP contribution in [0.25, 0.3) is 0 Å². The molecule has 11 heteroatoms. The number of carbonyl (C=O) groups is 2. The van der Waals surface area contributed by atoms with Crippen molar-refractivity contribution < 1.29 is 22.7 Å². The van der Waals surface area contributed by atoms with E-state index >= 15 is 0 Å². The Kier molecular flexibility index (Phi) is 11.7. The maximum Gasteiger partial charge on any atom is 0.264 e. The van der Waals surface area contributed by atoms with E-state index in [1.54, 1.807) is 54.6 Å². The highest BCUT2D eigenvalue weighted by Crippen LogP contribution is 2.29. The van der Waals surface area contributed by atoms with Crippen molar-refractivity contribution in [3.63, 3.8) is 0 Å². The Hall–Kier alpha value is -4.05. The van der Waals surface area contributed by atoms with Crippen molar-refractivity contribution in [2.24, 2.45) is 0 Å². The summed E-state index contributed by atoms with van der Waals surface area (Å²) in [5.41, 5.74) is 2.56. The van der Waals surface area contributed by atoms with Crippen molar-refractivity contribution in [2.45, 2.75) is 50.7 Å². The minimum Gasteiger partial charge on any atom is -0.497 e. The number of halogens is 2. The number of methoxy groups -OCH3 is 1. The highest BCUT2D eigenvalue weighted by Gasteiger charge is 2.35. The quantitative estimate of drug-likeness (QED) is 0.170. The average molecular weight is 683 g/mol. The first-order valence-electron chi connectivity index (χ1n) is 14.7. The number of ether oxygens (including phenoxy) is 1. The summed E-state index contributed by atoms with van der Waals surface area (Å²) in [5.74, 6) is -0.550. The molecule has 1 unspecified atom stereocenters. The minimum absolute atomic E-state index is 0.0168. The number of anilines is 1. The minimum atomic E-state index is -4.24. The number of nitrogens with zero attached hydrogens (tertiary/aromatic N) is 2. The molecule has 242 valence electrons. The monoisotopic (exact) mass is 681 g/mol. The van der Waals surface area contributed by atoms with Gasteiger partial charge in [-0.15, -0.1) is 0 Å². The van der Waals surface area contributed by atoms with Crippen LogP contribution in [0, 0.1) is 6.92 Å². The fraction of sp³-hybridized carbons (Fsp3) is 0.257. The topological polar surface area (TPSA) is 96.0 Å². The zero-order valence-corrected chi connectivity index (χ0v) is 28.4. The third-order valence-corrected chi connectivity index (χ3v) is 9.80. The molecule has 0 saturated heterocycles. The number of hydrogen-bond acceptors (Lipinski definition) is 5. The number of benzene rings is 4. The molecular weight excluding hydrogens is 645 g/mol. The number of sulfonamides is 1.